The minimum atomic E-state index is -0.511. The Morgan fingerprint density at radius 2 is 1.43 bits per heavy atom. The van der Waals surface area contributed by atoms with E-state index in [9.17, 15) is 9.59 Å². The summed E-state index contributed by atoms with van der Waals surface area (Å²) in [6, 6.07) is 13.6. The molecule has 2 aromatic carbocycles. The zero-order chi connectivity index (χ0) is 22.1. The highest BCUT2D eigenvalue weighted by atomic mass is 16.6. The maximum absolute atomic E-state index is 12.3. The highest BCUT2D eigenvalue weighted by Gasteiger charge is 2.21. The molecule has 0 fully saturated rings. The van der Waals surface area contributed by atoms with Crippen molar-refractivity contribution in [3.05, 3.63) is 42.5 Å². The third-order valence-electron chi connectivity index (χ3n) is 4.41. The molecule has 0 radical (unpaired) electrons. The van der Waals surface area contributed by atoms with Crippen LogP contribution in [-0.2, 0) is 14.3 Å². The van der Waals surface area contributed by atoms with Crippen LogP contribution in [0.2, 0.25) is 0 Å². The fourth-order valence-electron chi connectivity index (χ4n) is 2.88. The first kappa shape index (κ1) is 21.6. The molecule has 6 nitrogen and oxygen atoms in total. The number of carbonyl (C=O) groups excluding carboxylic acids is 2. The summed E-state index contributed by atoms with van der Waals surface area (Å²) >= 11 is 0. The number of nitrogens with one attached hydrogen (secondary N) is 2. The molecule has 3 rings (SSSR count). The van der Waals surface area contributed by atoms with Crippen molar-refractivity contribution in [1.82, 2.24) is 4.98 Å². The van der Waals surface area contributed by atoms with Crippen molar-refractivity contribution in [2.75, 3.05) is 17.2 Å². The van der Waals surface area contributed by atoms with Gasteiger partial charge in [0, 0.05) is 27.6 Å². The van der Waals surface area contributed by atoms with Gasteiger partial charge in [-0.15, -0.1) is 0 Å². The van der Waals surface area contributed by atoms with Crippen LogP contribution in [0.5, 0.6) is 0 Å². The second-order valence-electron chi connectivity index (χ2n) is 9.45. The molecule has 3 aromatic rings. The highest BCUT2D eigenvalue weighted by Crippen LogP contribution is 2.26. The lowest BCUT2D eigenvalue weighted by Gasteiger charge is -2.19. The first-order valence-electron chi connectivity index (χ1n) is 10.0. The number of nitrogens with zero attached hydrogens (tertiary/aromatic N) is 1. The molecule has 0 saturated heterocycles. The van der Waals surface area contributed by atoms with Crippen LogP contribution in [0, 0.1) is 5.41 Å². The van der Waals surface area contributed by atoms with Gasteiger partial charge in [0.1, 0.15) is 12.1 Å². The molecule has 30 heavy (non-hydrogen) atoms. The van der Waals surface area contributed by atoms with Gasteiger partial charge in [-0.25, -0.2) is 4.98 Å². The van der Waals surface area contributed by atoms with Gasteiger partial charge in [-0.2, -0.15) is 0 Å². The van der Waals surface area contributed by atoms with E-state index in [4.69, 9.17) is 9.72 Å². The molecule has 0 aliphatic carbocycles. The SMILES string of the molecule is CC(C)(C)OC(=O)CNc1ccc2cc3ccc(NC(=O)C(C)(C)C)cc3nc2c1. The van der Waals surface area contributed by atoms with E-state index in [2.05, 4.69) is 16.7 Å². The van der Waals surface area contributed by atoms with Crippen molar-refractivity contribution in [2.45, 2.75) is 47.1 Å². The molecule has 0 atom stereocenters. The number of aromatic nitrogens is 1. The van der Waals surface area contributed by atoms with Crippen LogP contribution in [0.25, 0.3) is 21.8 Å². The molecule has 0 aliphatic rings. The predicted octanol–water partition coefficient (Wildman–Crippen LogP) is 5.13. The van der Waals surface area contributed by atoms with Gasteiger partial charge in [0.15, 0.2) is 0 Å². The second kappa shape index (κ2) is 7.94. The average molecular weight is 408 g/mol. The van der Waals surface area contributed by atoms with Crippen LogP contribution >= 0.6 is 0 Å². The average Bonchev–Trinajstić information content (AvgIpc) is 2.62. The number of benzene rings is 2. The summed E-state index contributed by atoms with van der Waals surface area (Å²) in [6.07, 6.45) is 0. The van der Waals surface area contributed by atoms with E-state index >= 15 is 0 Å². The van der Waals surface area contributed by atoms with E-state index in [1.165, 1.54) is 0 Å². The molecule has 0 unspecified atom stereocenters. The highest BCUT2D eigenvalue weighted by molar-refractivity contribution is 5.99. The van der Waals surface area contributed by atoms with Gasteiger partial charge in [-0.1, -0.05) is 32.9 Å². The summed E-state index contributed by atoms with van der Waals surface area (Å²) in [5.41, 5.74) is 2.11. The van der Waals surface area contributed by atoms with Crippen molar-refractivity contribution in [3.8, 4) is 0 Å². The monoisotopic (exact) mass is 407 g/mol. The Kier molecular flexibility index (Phi) is 5.70. The minimum absolute atomic E-state index is 0.0451. The number of hydrogen-bond acceptors (Lipinski definition) is 5. The minimum Gasteiger partial charge on any atom is -0.459 e. The largest absolute Gasteiger partial charge is 0.459 e. The molecule has 158 valence electrons. The number of esters is 1. The molecule has 0 spiro atoms. The van der Waals surface area contributed by atoms with Crippen molar-refractivity contribution < 1.29 is 14.3 Å². The Balaban J connectivity index is 1.82. The third kappa shape index (κ3) is 5.47. The number of carbonyl (C=O) groups is 2. The maximum Gasteiger partial charge on any atom is 0.325 e. The topological polar surface area (TPSA) is 80.3 Å². The second-order valence-corrected chi connectivity index (χ2v) is 9.45. The fraction of sp³-hybridized carbons (Fsp3) is 0.375. The first-order chi connectivity index (χ1) is 13.9. The van der Waals surface area contributed by atoms with E-state index < -0.39 is 11.0 Å². The van der Waals surface area contributed by atoms with Crippen LogP contribution in [0.3, 0.4) is 0 Å². The lowest BCUT2D eigenvalue weighted by atomic mass is 9.95. The number of pyridine rings is 1. The molecule has 0 saturated carbocycles. The number of hydrogen-bond donors (Lipinski definition) is 2. The lowest BCUT2D eigenvalue weighted by Crippen LogP contribution is -2.28. The van der Waals surface area contributed by atoms with Crippen molar-refractivity contribution in [1.29, 1.82) is 0 Å². The Hall–Kier alpha value is -3.15. The van der Waals surface area contributed by atoms with Gasteiger partial charge in [0.25, 0.3) is 0 Å². The number of fused-ring (bicyclic) bond motifs is 2. The predicted molar refractivity (Wildman–Crippen MR) is 122 cm³/mol. The van der Waals surface area contributed by atoms with Gasteiger partial charge in [-0.05, 0) is 51.1 Å². The van der Waals surface area contributed by atoms with Gasteiger partial charge in [-0.3, -0.25) is 9.59 Å². The number of amides is 1. The zero-order valence-corrected chi connectivity index (χ0v) is 18.4. The fourth-order valence-corrected chi connectivity index (χ4v) is 2.88. The number of ether oxygens (including phenoxy) is 1. The molecule has 1 heterocycles. The summed E-state index contributed by atoms with van der Waals surface area (Å²) in [5.74, 6) is -0.357. The normalized spacial score (nSPS) is 12.1. The van der Waals surface area contributed by atoms with E-state index in [0.717, 1.165) is 27.5 Å². The van der Waals surface area contributed by atoms with E-state index in [-0.39, 0.29) is 18.4 Å². The van der Waals surface area contributed by atoms with Gasteiger partial charge < -0.3 is 15.4 Å². The third-order valence-corrected chi connectivity index (χ3v) is 4.41. The Morgan fingerprint density at radius 3 is 2.00 bits per heavy atom. The molecule has 2 N–H and O–H groups in total. The quantitative estimate of drug-likeness (QED) is 0.463. The summed E-state index contributed by atoms with van der Waals surface area (Å²) in [6.45, 7) is 11.2. The van der Waals surface area contributed by atoms with Crippen molar-refractivity contribution >= 4 is 45.1 Å². The molecule has 6 heteroatoms. The smallest absolute Gasteiger partial charge is 0.325 e. The van der Waals surface area contributed by atoms with E-state index in [1.807, 2.05) is 77.9 Å². The van der Waals surface area contributed by atoms with Crippen LogP contribution in [0.1, 0.15) is 41.5 Å². The Bertz CT molecular complexity index is 1110. The number of rotatable bonds is 4. The summed E-state index contributed by atoms with van der Waals surface area (Å²) in [7, 11) is 0. The van der Waals surface area contributed by atoms with Crippen LogP contribution in [0.4, 0.5) is 11.4 Å². The van der Waals surface area contributed by atoms with E-state index in [0.29, 0.717) is 5.69 Å². The van der Waals surface area contributed by atoms with Crippen molar-refractivity contribution in [3.63, 3.8) is 0 Å². The zero-order valence-electron chi connectivity index (χ0n) is 18.4. The Morgan fingerprint density at radius 1 is 0.867 bits per heavy atom. The molecule has 0 aliphatic heterocycles. The van der Waals surface area contributed by atoms with Gasteiger partial charge >= 0.3 is 5.97 Å². The summed E-state index contributed by atoms with van der Waals surface area (Å²) in [4.78, 5) is 28.9. The molecule has 1 aromatic heterocycles. The van der Waals surface area contributed by atoms with Gasteiger partial charge in [0.05, 0.1) is 11.0 Å². The maximum atomic E-state index is 12.3. The Labute approximate surface area is 177 Å². The lowest BCUT2D eigenvalue weighted by molar-refractivity contribution is -0.152. The van der Waals surface area contributed by atoms with Crippen molar-refractivity contribution in [2.24, 2.45) is 5.41 Å². The van der Waals surface area contributed by atoms with Crippen LogP contribution in [-0.4, -0.2) is 29.0 Å². The molecular formula is C24H29N3O3. The summed E-state index contributed by atoms with van der Waals surface area (Å²) < 4.78 is 5.32. The molecule has 1 amide bonds. The first-order valence-corrected chi connectivity index (χ1v) is 10.0. The van der Waals surface area contributed by atoms with Crippen LogP contribution in [0.15, 0.2) is 42.5 Å². The van der Waals surface area contributed by atoms with Crippen LogP contribution < -0.4 is 10.6 Å². The number of anilines is 2. The van der Waals surface area contributed by atoms with Gasteiger partial charge in [0.2, 0.25) is 5.91 Å². The van der Waals surface area contributed by atoms with E-state index in [1.54, 1.807) is 0 Å². The molecular weight excluding hydrogens is 378 g/mol. The standard InChI is InChI=1S/C24H29N3O3/c1-23(2,3)22(29)26-18-10-8-16-11-15-7-9-17(12-19(15)27-20(16)13-18)25-14-21(28)30-24(4,5)6/h7-13,25H,14H2,1-6H3,(H,26,29). The summed E-state index contributed by atoms with van der Waals surface area (Å²) in [5, 5.41) is 8.02. The molecule has 0 bridgehead atoms.